The molecule has 0 bridgehead atoms. The van der Waals surface area contributed by atoms with Crippen molar-refractivity contribution in [3.8, 4) is 12.1 Å². The van der Waals surface area contributed by atoms with E-state index in [1.807, 2.05) is 6.92 Å². The lowest BCUT2D eigenvalue weighted by Gasteiger charge is -2.20. The zero-order valence-electron chi connectivity index (χ0n) is 8.95. The predicted molar refractivity (Wildman–Crippen MR) is 56.1 cm³/mol. The van der Waals surface area contributed by atoms with Crippen LogP contribution < -0.4 is 4.72 Å². The molecule has 0 aromatic carbocycles. The summed E-state index contributed by atoms with van der Waals surface area (Å²) in [5.41, 5.74) is 0. The van der Waals surface area contributed by atoms with Gasteiger partial charge in [-0.3, -0.25) is 0 Å². The van der Waals surface area contributed by atoms with Crippen molar-refractivity contribution in [1.29, 1.82) is 10.5 Å². The molecule has 0 aliphatic rings. The minimum absolute atomic E-state index is 0.279. The fraction of sp³-hybridized carbons (Fsp3) is 0.778. The fourth-order valence-electron chi connectivity index (χ4n) is 1.05. The van der Waals surface area contributed by atoms with Crippen LogP contribution in [0.15, 0.2) is 0 Å². The normalized spacial score (nSPS) is 14.9. The van der Waals surface area contributed by atoms with Crippen molar-refractivity contribution >= 4 is 10.0 Å². The van der Waals surface area contributed by atoms with Crippen molar-refractivity contribution in [3.63, 3.8) is 0 Å². The SMILES string of the molecule is CCCCC(C)(C#N)S(=O)(=O)NCC#N. The second-order valence-corrected chi connectivity index (χ2v) is 5.63. The molecular formula is C9H15N3O2S. The first kappa shape index (κ1) is 13.9. The van der Waals surface area contributed by atoms with E-state index in [1.165, 1.54) is 6.92 Å². The maximum absolute atomic E-state index is 11.7. The molecule has 0 aromatic rings. The average Bonchev–Trinajstić information content (AvgIpc) is 2.22. The summed E-state index contributed by atoms with van der Waals surface area (Å²) in [5, 5.41) is 17.2. The number of unbranched alkanes of at least 4 members (excludes halogenated alkanes) is 1. The van der Waals surface area contributed by atoms with Gasteiger partial charge in [0.25, 0.3) is 0 Å². The van der Waals surface area contributed by atoms with Crippen LogP contribution in [0.3, 0.4) is 0 Å². The van der Waals surface area contributed by atoms with Gasteiger partial charge >= 0.3 is 0 Å². The van der Waals surface area contributed by atoms with Gasteiger partial charge in [-0.25, -0.2) is 8.42 Å². The Bertz CT molecular complexity index is 377. The van der Waals surface area contributed by atoms with Gasteiger partial charge < -0.3 is 0 Å². The standard InChI is InChI=1S/C9H15N3O2S/c1-3-4-5-9(2,8-11)15(13,14)12-7-6-10/h12H,3-5,7H2,1-2H3. The summed E-state index contributed by atoms with van der Waals surface area (Å²) in [6.45, 7) is 3.00. The highest BCUT2D eigenvalue weighted by molar-refractivity contribution is 7.91. The molecule has 0 heterocycles. The molecule has 1 unspecified atom stereocenters. The summed E-state index contributed by atoms with van der Waals surface area (Å²) in [5.74, 6) is 0. The molecular weight excluding hydrogens is 214 g/mol. The minimum Gasteiger partial charge on any atom is -0.211 e. The van der Waals surface area contributed by atoms with Gasteiger partial charge in [0.15, 0.2) is 4.75 Å². The van der Waals surface area contributed by atoms with Crippen LogP contribution in [0.5, 0.6) is 0 Å². The fourth-order valence-corrected chi connectivity index (χ4v) is 2.16. The van der Waals surface area contributed by atoms with Gasteiger partial charge in [-0.1, -0.05) is 19.8 Å². The summed E-state index contributed by atoms with van der Waals surface area (Å²) in [6.07, 6.45) is 1.77. The Morgan fingerprint density at radius 2 is 2.00 bits per heavy atom. The highest BCUT2D eigenvalue weighted by atomic mass is 32.2. The Hall–Kier alpha value is -1.11. The van der Waals surface area contributed by atoms with Crippen LogP contribution >= 0.6 is 0 Å². The number of hydrogen-bond donors (Lipinski definition) is 1. The molecule has 0 spiro atoms. The van der Waals surface area contributed by atoms with E-state index in [4.69, 9.17) is 10.5 Å². The molecule has 84 valence electrons. The molecule has 0 aliphatic heterocycles. The number of rotatable bonds is 6. The van der Waals surface area contributed by atoms with E-state index in [0.717, 1.165) is 6.42 Å². The van der Waals surface area contributed by atoms with E-state index in [2.05, 4.69) is 4.72 Å². The van der Waals surface area contributed by atoms with E-state index in [9.17, 15) is 8.42 Å². The summed E-state index contributed by atoms with van der Waals surface area (Å²) in [7, 11) is -3.74. The topological polar surface area (TPSA) is 93.8 Å². The lowest BCUT2D eigenvalue weighted by molar-refractivity contribution is 0.532. The lowest BCUT2D eigenvalue weighted by atomic mass is 10.1. The third-order valence-electron chi connectivity index (χ3n) is 2.18. The average molecular weight is 229 g/mol. The predicted octanol–water partition coefficient (Wildman–Crippen LogP) is 0.902. The van der Waals surface area contributed by atoms with Crippen molar-refractivity contribution in [3.05, 3.63) is 0 Å². The van der Waals surface area contributed by atoms with Crippen molar-refractivity contribution in [2.75, 3.05) is 6.54 Å². The third kappa shape index (κ3) is 3.50. The molecule has 6 heteroatoms. The van der Waals surface area contributed by atoms with Gasteiger partial charge in [0.1, 0.15) is 0 Å². The number of nitrogens with one attached hydrogen (secondary N) is 1. The zero-order chi connectivity index (χ0) is 11.9. The Morgan fingerprint density at radius 1 is 1.40 bits per heavy atom. The summed E-state index contributed by atoms with van der Waals surface area (Å²) in [4.78, 5) is 0. The first-order valence-electron chi connectivity index (χ1n) is 4.71. The molecule has 0 amide bonds. The smallest absolute Gasteiger partial charge is 0.211 e. The van der Waals surface area contributed by atoms with Crippen molar-refractivity contribution < 1.29 is 8.42 Å². The van der Waals surface area contributed by atoms with Crippen LogP contribution in [0, 0.1) is 22.7 Å². The summed E-state index contributed by atoms with van der Waals surface area (Å²) < 4.78 is 24.0. The maximum Gasteiger partial charge on any atom is 0.231 e. The second-order valence-electron chi connectivity index (χ2n) is 3.43. The summed E-state index contributed by atoms with van der Waals surface area (Å²) >= 11 is 0. The van der Waals surface area contributed by atoms with E-state index in [1.54, 1.807) is 12.1 Å². The number of sulfonamides is 1. The summed E-state index contributed by atoms with van der Waals surface area (Å²) in [6, 6.07) is 3.48. The highest BCUT2D eigenvalue weighted by Gasteiger charge is 2.38. The van der Waals surface area contributed by atoms with Crippen LogP contribution in [0.4, 0.5) is 0 Å². The van der Waals surface area contributed by atoms with E-state index in [0.29, 0.717) is 6.42 Å². The number of hydrogen-bond acceptors (Lipinski definition) is 4. The van der Waals surface area contributed by atoms with Gasteiger partial charge in [0, 0.05) is 0 Å². The highest BCUT2D eigenvalue weighted by Crippen LogP contribution is 2.22. The molecule has 1 N–H and O–H groups in total. The molecule has 15 heavy (non-hydrogen) atoms. The molecule has 0 rings (SSSR count). The van der Waals surface area contributed by atoms with E-state index in [-0.39, 0.29) is 13.0 Å². The maximum atomic E-state index is 11.7. The van der Waals surface area contributed by atoms with Gasteiger partial charge in [-0.15, -0.1) is 0 Å². The van der Waals surface area contributed by atoms with E-state index < -0.39 is 14.8 Å². The molecule has 1 atom stereocenters. The van der Waals surface area contributed by atoms with Gasteiger partial charge in [0.05, 0.1) is 18.7 Å². The van der Waals surface area contributed by atoms with Crippen LogP contribution in [0.1, 0.15) is 33.1 Å². The molecule has 0 saturated heterocycles. The molecule has 0 fully saturated rings. The van der Waals surface area contributed by atoms with Gasteiger partial charge in [0.2, 0.25) is 10.0 Å². The monoisotopic (exact) mass is 229 g/mol. The first-order chi connectivity index (χ1) is 6.93. The van der Waals surface area contributed by atoms with Crippen LogP contribution in [-0.4, -0.2) is 19.7 Å². The van der Waals surface area contributed by atoms with Gasteiger partial charge in [-0.2, -0.15) is 15.2 Å². The molecule has 0 radical (unpaired) electrons. The third-order valence-corrected chi connectivity index (χ3v) is 4.18. The zero-order valence-corrected chi connectivity index (χ0v) is 9.76. The van der Waals surface area contributed by atoms with Gasteiger partial charge in [-0.05, 0) is 13.3 Å². The van der Waals surface area contributed by atoms with E-state index >= 15 is 0 Å². The Balaban J connectivity index is 4.80. The molecule has 5 nitrogen and oxygen atoms in total. The minimum atomic E-state index is -3.74. The largest absolute Gasteiger partial charge is 0.231 e. The van der Waals surface area contributed by atoms with Crippen LogP contribution in [-0.2, 0) is 10.0 Å². The van der Waals surface area contributed by atoms with Crippen molar-refractivity contribution in [2.24, 2.45) is 0 Å². The first-order valence-corrected chi connectivity index (χ1v) is 6.19. The lowest BCUT2D eigenvalue weighted by Crippen LogP contribution is -2.43. The molecule has 0 aromatic heterocycles. The Morgan fingerprint density at radius 3 is 2.40 bits per heavy atom. The van der Waals surface area contributed by atoms with Crippen LogP contribution in [0.25, 0.3) is 0 Å². The second kappa shape index (κ2) is 5.69. The Kier molecular flexibility index (Phi) is 5.27. The van der Waals surface area contributed by atoms with Crippen molar-refractivity contribution in [2.45, 2.75) is 37.9 Å². The van der Waals surface area contributed by atoms with Crippen molar-refractivity contribution in [1.82, 2.24) is 4.72 Å². The quantitative estimate of drug-likeness (QED) is 0.685. The number of nitrogens with zero attached hydrogens (tertiary/aromatic N) is 2. The Labute approximate surface area is 90.8 Å². The number of nitriles is 2. The molecule has 0 saturated carbocycles. The van der Waals surface area contributed by atoms with Crippen LogP contribution in [0.2, 0.25) is 0 Å². The molecule has 0 aliphatic carbocycles.